The first-order valence-corrected chi connectivity index (χ1v) is 14.1. The van der Waals surface area contributed by atoms with Gasteiger partial charge in [0.25, 0.3) is 0 Å². The summed E-state index contributed by atoms with van der Waals surface area (Å²) in [6.45, 7) is 9.41. The summed E-state index contributed by atoms with van der Waals surface area (Å²) in [5, 5.41) is 6.03. The molecule has 1 aromatic heterocycles. The molecule has 0 atom stereocenters. The molecule has 0 bridgehead atoms. The van der Waals surface area contributed by atoms with Crippen molar-refractivity contribution < 1.29 is 14.3 Å². The smallest absolute Gasteiger partial charge is 0.408 e. The fraction of sp³-hybridized carbons (Fsp3) is 0.424. The third-order valence-corrected chi connectivity index (χ3v) is 7.32. The molecule has 1 aliphatic carbocycles. The molecular formula is C33H42N4O3. The van der Waals surface area contributed by atoms with E-state index >= 15 is 0 Å². The van der Waals surface area contributed by atoms with Crippen molar-refractivity contribution in [3.63, 3.8) is 0 Å². The first-order valence-electron chi connectivity index (χ1n) is 14.1. The second-order valence-corrected chi connectivity index (χ2v) is 12.3. The number of rotatable bonds is 7. The van der Waals surface area contributed by atoms with Gasteiger partial charge in [-0.25, -0.2) is 4.79 Å². The van der Waals surface area contributed by atoms with E-state index in [1.807, 2.05) is 95.3 Å². The Morgan fingerprint density at radius 2 is 1.57 bits per heavy atom. The van der Waals surface area contributed by atoms with Gasteiger partial charge >= 0.3 is 6.09 Å². The van der Waals surface area contributed by atoms with Gasteiger partial charge in [-0.2, -0.15) is 0 Å². The van der Waals surface area contributed by atoms with E-state index < -0.39 is 17.2 Å². The van der Waals surface area contributed by atoms with E-state index in [4.69, 9.17) is 15.5 Å². The Balaban J connectivity index is 1.54. The van der Waals surface area contributed by atoms with Gasteiger partial charge in [0.15, 0.2) is 0 Å². The number of nitrogens with one attached hydrogen (secondary N) is 2. The van der Waals surface area contributed by atoms with Crippen LogP contribution in [0.5, 0.6) is 0 Å². The molecule has 0 radical (unpaired) electrons. The summed E-state index contributed by atoms with van der Waals surface area (Å²) in [5.41, 5.74) is 10.1. The fourth-order valence-corrected chi connectivity index (χ4v) is 5.14. The maximum absolute atomic E-state index is 12.8. The summed E-state index contributed by atoms with van der Waals surface area (Å²) in [6, 6.07) is 20.3. The molecule has 40 heavy (non-hydrogen) atoms. The van der Waals surface area contributed by atoms with Crippen molar-refractivity contribution in [2.45, 2.75) is 83.9 Å². The average Bonchev–Trinajstić information content (AvgIpc) is 2.89. The summed E-state index contributed by atoms with van der Waals surface area (Å²) in [7, 11) is 0. The van der Waals surface area contributed by atoms with Crippen LogP contribution in [-0.4, -0.2) is 28.6 Å². The number of anilines is 1. The van der Waals surface area contributed by atoms with Crippen molar-refractivity contribution in [2.24, 2.45) is 11.7 Å². The lowest BCUT2D eigenvalue weighted by molar-refractivity contribution is -0.117. The van der Waals surface area contributed by atoms with Gasteiger partial charge in [0.05, 0.1) is 23.1 Å². The van der Waals surface area contributed by atoms with Crippen molar-refractivity contribution in [1.29, 1.82) is 0 Å². The van der Waals surface area contributed by atoms with Gasteiger partial charge in [0.2, 0.25) is 5.91 Å². The van der Waals surface area contributed by atoms with Crippen molar-refractivity contribution in [1.82, 2.24) is 10.3 Å². The summed E-state index contributed by atoms with van der Waals surface area (Å²) in [5.74, 6) is 0.395. The Morgan fingerprint density at radius 1 is 0.925 bits per heavy atom. The molecule has 2 amide bonds. The van der Waals surface area contributed by atoms with Crippen molar-refractivity contribution in [3.05, 3.63) is 72.4 Å². The largest absolute Gasteiger partial charge is 0.444 e. The van der Waals surface area contributed by atoms with Gasteiger partial charge in [-0.1, -0.05) is 54.6 Å². The fourth-order valence-electron chi connectivity index (χ4n) is 5.14. The number of amides is 2. The molecule has 1 fully saturated rings. The topological polar surface area (TPSA) is 106 Å². The van der Waals surface area contributed by atoms with E-state index in [-0.39, 0.29) is 11.9 Å². The molecule has 0 saturated heterocycles. The molecule has 0 spiro atoms. The first-order chi connectivity index (χ1) is 18.9. The number of benzene rings is 2. The van der Waals surface area contributed by atoms with Gasteiger partial charge < -0.3 is 21.1 Å². The number of alkyl carbamates (subject to hydrolysis) is 1. The van der Waals surface area contributed by atoms with E-state index in [1.165, 1.54) is 0 Å². The van der Waals surface area contributed by atoms with E-state index in [9.17, 15) is 9.59 Å². The Kier molecular flexibility index (Phi) is 8.94. The van der Waals surface area contributed by atoms with Gasteiger partial charge in [-0.3, -0.25) is 9.78 Å². The first kappa shape index (κ1) is 29.3. The molecule has 1 aliphatic rings. The molecule has 3 aromatic rings. The van der Waals surface area contributed by atoms with Crippen LogP contribution >= 0.6 is 0 Å². The summed E-state index contributed by atoms with van der Waals surface area (Å²) in [4.78, 5) is 30.0. The number of nitrogens with zero attached hydrogens (tertiary/aromatic N) is 1. The number of hydrogen-bond acceptors (Lipinski definition) is 5. The molecule has 0 aliphatic heterocycles. The Labute approximate surface area is 237 Å². The molecule has 4 rings (SSSR count). The zero-order chi connectivity index (χ0) is 28.9. The Hall–Kier alpha value is -3.71. The van der Waals surface area contributed by atoms with Crippen molar-refractivity contribution >= 4 is 17.7 Å². The van der Waals surface area contributed by atoms with Crippen molar-refractivity contribution in [2.75, 3.05) is 5.32 Å². The molecular weight excluding hydrogens is 500 g/mol. The van der Waals surface area contributed by atoms with E-state index in [2.05, 4.69) is 10.6 Å². The van der Waals surface area contributed by atoms with Crippen LogP contribution in [0.2, 0.25) is 0 Å². The Morgan fingerprint density at radius 3 is 2.20 bits per heavy atom. The van der Waals surface area contributed by atoms with Crippen LogP contribution in [0.25, 0.3) is 22.4 Å². The van der Waals surface area contributed by atoms with Crippen LogP contribution < -0.4 is 16.4 Å². The SMILES string of the molecule is CC(C)(C)OC(=O)NC(C)(C)c1ccc(-c2ncc(NC(=O)CC3CCC(N)CC3)cc2-c2ccccc2)cc1. The van der Waals surface area contributed by atoms with Crippen molar-refractivity contribution in [3.8, 4) is 22.4 Å². The van der Waals surface area contributed by atoms with Gasteiger partial charge in [0.1, 0.15) is 5.60 Å². The van der Waals surface area contributed by atoms with Crippen LogP contribution in [0.3, 0.4) is 0 Å². The van der Waals surface area contributed by atoms with Crippen LogP contribution in [-0.2, 0) is 15.1 Å². The zero-order valence-electron chi connectivity index (χ0n) is 24.3. The molecule has 0 unspecified atom stereocenters. The second kappa shape index (κ2) is 12.2. The lowest BCUT2D eigenvalue weighted by Crippen LogP contribution is -2.43. The number of carbonyl (C=O) groups excluding carboxylic acids is 2. The maximum Gasteiger partial charge on any atom is 0.408 e. The zero-order valence-corrected chi connectivity index (χ0v) is 24.3. The number of carbonyl (C=O) groups is 2. The molecule has 2 aromatic carbocycles. The van der Waals surface area contributed by atoms with Crippen LogP contribution in [0.1, 0.15) is 72.3 Å². The summed E-state index contributed by atoms with van der Waals surface area (Å²) >= 11 is 0. The highest BCUT2D eigenvalue weighted by Gasteiger charge is 2.26. The predicted octanol–water partition coefficient (Wildman–Crippen LogP) is 7.02. The van der Waals surface area contributed by atoms with E-state index in [0.29, 0.717) is 18.0 Å². The predicted molar refractivity (Wildman–Crippen MR) is 161 cm³/mol. The van der Waals surface area contributed by atoms with Gasteiger partial charge in [-0.05, 0) is 83.4 Å². The Bertz CT molecular complexity index is 1310. The molecule has 4 N–H and O–H groups in total. The lowest BCUT2D eigenvalue weighted by Gasteiger charge is -2.29. The maximum atomic E-state index is 12.8. The van der Waals surface area contributed by atoms with Gasteiger partial charge in [0, 0.05) is 23.6 Å². The summed E-state index contributed by atoms with van der Waals surface area (Å²) < 4.78 is 5.44. The minimum absolute atomic E-state index is 0.0121. The highest BCUT2D eigenvalue weighted by atomic mass is 16.6. The average molecular weight is 543 g/mol. The van der Waals surface area contributed by atoms with Crippen LogP contribution in [0, 0.1) is 5.92 Å². The number of hydrogen-bond donors (Lipinski definition) is 3. The molecule has 212 valence electrons. The standard InChI is InChI=1S/C33H42N4O3/c1-32(2,3)40-31(39)37-33(4,5)25-15-13-24(14-16-25)30-28(23-9-7-6-8-10-23)20-27(21-35-30)36-29(38)19-22-11-17-26(34)18-12-22/h6-10,13-16,20-22,26H,11-12,17-19,34H2,1-5H3,(H,36,38)(H,37,39). The number of aromatic nitrogens is 1. The normalized spacial score (nSPS) is 17.6. The van der Waals surface area contributed by atoms with Gasteiger partial charge in [-0.15, -0.1) is 0 Å². The third-order valence-electron chi connectivity index (χ3n) is 7.32. The highest BCUT2D eigenvalue weighted by Crippen LogP contribution is 2.34. The minimum atomic E-state index is -0.631. The second-order valence-electron chi connectivity index (χ2n) is 12.3. The number of ether oxygens (including phenoxy) is 1. The van der Waals surface area contributed by atoms with Crippen LogP contribution in [0.4, 0.5) is 10.5 Å². The van der Waals surface area contributed by atoms with E-state index in [1.54, 1.807) is 6.20 Å². The highest BCUT2D eigenvalue weighted by molar-refractivity contribution is 5.93. The van der Waals surface area contributed by atoms with E-state index in [0.717, 1.165) is 53.6 Å². The molecule has 7 nitrogen and oxygen atoms in total. The number of pyridine rings is 1. The minimum Gasteiger partial charge on any atom is -0.444 e. The third kappa shape index (κ3) is 7.92. The van der Waals surface area contributed by atoms with Crippen LogP contribution in [0.15, 0.2) is 66.9 Å². The number of nitrogens with two attached hydrogens (primary N) is 1. The lowest BCUT2D eigenvalue weighted by atomic mass is 9.84. The molecule has 1 saturated carbocycles. The molecule has 1 heterocycles. The monoisotopic (exact) mass is 542 g/mol. The summed E-state index contributed by atoms with van der Waals surface area (Å²) in [6.07, 6.45) is 5.74. The quantitative estimate of drug-likeness (QED) is 0.297. The molecule has 7 heteroatoms.